The smallest absolute Gasteiger partial charge is 0.0366 e. The van der Waals surface area contributed by atoms with E-state index in [2.05, 4.69) is 30.0 Å². The maximum Gasteiger partial charge on any atom is 0.0366 e. The average Bonchev–Trinajstić information content (AvgIpc) is 2.84. The largest absolute Gasteiger partial charge is 0.314 e. The topological polar surface area (TPSA) is 15.3 Å². The lowest BCUT2D eigenvalue weighted by Crippen LogP contribution is -2.59. The minimum atomic E-state index is 0.262. The minimum Gasteiger partial charge on any atom is -0.314 e. The number of rotatable bonds is 6. The molecular weight excluding hydrogens is 196 g/mol. The molecule has 0 spiro atoms. The van der Waals surface area contributed by atoms with Gasteiger partial charge < -0.3 is 5.32 Å². The molecule has 0 aromatic carbocycles. The molecule has 0 aromatic heterocycles. The summed E-state index contributed by atoms with van der Waals surface area (Å²) in [6.45, 7) is 7.07. The van der Waals surface area contributed by atoms with Gasteiger partial charge in [-0.15, -0.1) is 12.3 Å². The van der Waals surface area contributed by atoms with Crippen LogP contribution < -0.4 is 5.32 Å². The summed E-state index contributed by atoms with van der Waals surface area (Å²) in [6, 6.07) is 0.422. The number of likely N-dealkylation sites (N-methyl/N-ethyl adjacent to an activating group) is 1. The number of terminal acetylenes is 1. The van der Waals surface area contributed by atoms with E-state index in [-0.39, 0.29) is 5.54 Å². The lowest BCUT2D eigenvalue weighted by molar-refractivity contribution is 0.0668. The van der Waals surface area contributed by atoms with Crippen molar-refractivity contribution in [1.29, 1.82) is 0 Å². The van der Waals surface area contributed by atoms with E-state index in [1.807, 2.05) is 7.05 Å². The van der Waals surface area contributed by atoms with Crippen molar-refractivity contribution in [2.75, 3.05) is 20.1 Å². The van der Waals surface area contributed by atoms with Crippen LogP contribution in [0, 0.1) is 12.3 Å². The van der Waals surface area contributed by atoms with Crippen LogP contribution in [0.5, 0.6) is 0 Å². The normalized spacial score (nSPS) is 19.6. The van der Waals surface area contributed by atoms with Crippen LogP contribution in [0.3, 0.4) is 0 Å². The molecule has 1 unspecified atom stereocenters. The maximum absolute atomic E-state index is 5.50. The van der Waals surface area contributed by atoms with Gasteiger partial charge in [0, 0.05) is 18.0 Å². The predicted octanol–water partition coefficient (Wildman–Crippen LogP) is 2.25. The number of hydrogen-bond acceptors (Lipinski definition) is 2. The summed E-state index contributed by atoms with van der Waals surface area (Å²) >= 11 is 0. The summed E-state index contributed by atoms with van der Waals surface area (Å²) in [4.78, 5) is 2.66. The molecule has 1 heterocycles. The zero-order valence-electron chi connectivity index (χ0n) is 11.1. The first kappa shape index (κ1) is 13.5. The molecule has 1 fully saturated rings. The van der Waals surface area contributed by atoms with Gasteiger partial charge in [0.15, 0.2) is 0 Å². The van der Waals surface area contributed by atoms with Gasteiger partial charge in [-0.1, -0.05) is 13.8 Å². The summed E-state index contributed by atoms with van der Waals surface area (Å²) in [5, 5.41) is 3.44. The molecule has 1 rings (SSSR count). The number of nitrogens with zero attached hydrogens (tertiary/aromatic N) is 1. The molecule has 0 radical (unpaired) electrons. The Balaban J connectivity index is 2.87. The second-order valence-corrected chi connectivity index (χ2v) is 4.75. The first-order valence-electron chi connectivity index (χ1n) is 6.61. The van der Waals surface area contributed by atoms with Crippen molar-refractivity contribution < 1.29 is 0 Å². The number of likely N-dealkylation sites (tertiary alicyclic amines) is 1. The molecule has 92 valence electrons. The zero-order valence-corrected chi connectivity index (χ0v) is 11.1. The minimum absolute atomic E-state index is 0.262. The second kappa shape index (κ2) is 6.27. The van der Waals surface area contributed by atoms with E-state index >= 15 is 0 Å². The van der Waals surface area contributed by atoms with Crippen molar-refractivity contribution in [3.8, 4) is 12.3 Å². The van der Waals surface area contributed by atoms with Crippen molar-refractivity contribution >= 4 is 0 Å². The Labute approximate surface area is 101 Å². The molecule has 0 amide bonds. The second-order valence-electron chi connectivity index (χ2n) is 4.75. The van der Waals surface area contributed by atoms with Crippen molar-refractivity contribution in [2.24, 2.45) is 0 Å². The summed E-state index contributed by atoms with van der Waals surface area (Å²) in [7, 11) is 2.04. The molecule has 0 bridgehead atoms. The predicted molar refractivity (Wildman–Crippen MR) is 70.4 cm³/mol. The Bertz CT molecular complexity index is 232. The Morgan fingerprint density at radius 2 is 1.88 bits per heavy atom. The van der Waals surface area contributed by atoms with Crippen LogP contribution in [0.4, 0.5) is 0 Å². The first-order chi connectivity index (χ1) is 7.75. The van der Waals surface area contributed by atoms with E-state index in [1.54, 1.807) is 0 Å². The lowest BCUT2D eigenvalue weighted by atomic mass is 9.81. The van der Waals surface area contributed by atoms with Crippen LogP contribution in [-0.4, -0.2) is 36.6 Å². The van der Waals surface area contributed by atoms with Gasteiger partial charge in [-0.05, 0) is 45.8 Å². The monoisotopic (exact) mass is 222 g/mol. The molecule has 0 aromatic rings. The fraction of sp³-hybridized carbons (Fsp3) is 0.857. The van der Waals surface area contributed by atoms with Crippen LogP contribution >= 0.6 is 0 Å². The SMILES string of the molecule is C#CCC(NC)C(CC)(CC)N1CCCC1. The van der Waals surface area contributed by atoms with Gasteiger partial charge in [-0.2, -0.15) is 0 Å². The third kappa shape index (κ3) is 2.42. The highest BCUT2D eigenvalue weighted by Gasteiger charge is 2.40. The highest BCUT2D eigenvalue weighted by molar-refractivity contribution is 5.04. The highest BCUT2D eigenvalue weighted by atomic mass is 15.2. The van der Waals surface area contributed by atoms with E-state index in [4.69, 9.17) is 6.42 Å². The van der Waals surface area contributed by atoms with Crippen molar-refractivity contribution in [2.45, 2.75) is 57.5 Å². The summed E-state index contributed by atoms with van der Waals surface area (Å²) in [5.41, 5.74) is 0.262. The van der Waals surface area contributed by atoms with Crippen LogP contribution in [0.2, 0.25) is 0 Å². The molecule has 1 N–H and O–H groups in total. The molecular formula is C14H26N2. The van der Waals surface area contributed by atoms with E-state index in [1.165, 1.54) is 38.8 Å². The van der Waals surface area contributed by atoms with E-state index in [0.29, 0.717) is 6.04 Å². The number of hydrogen-bond donors (Lipinski definition) is 1. The maximum atomic E-state index is 5.50. The molecule has 16 heavy (non-hydrogen) atoms. The van der Waals surface area contributed by atoms with Crippen LogP contribution in [0.25, 0.3) is 0 Å². The van der Waals surface area contributed by atoms with Crippen molar-refractivity contribution in [3.63, 3.8) is 0 Å². The molecule has 2 heteroatoms. The van der Waals surface area contributed by atoms with Crippen molar-refractivity contribution in [3.05, 3.63) is 0 Å². The van der Waals surface area contributed by atoms with Crippen LogP contribution in [0.15, 0.2) is 0 Å². The quantitative estimate of drug-likeness (QED) is 0.694. The fourth-order valence-electron chi connectivity index (χ4n) is 3.25. The molecule has 1 aliphatic rings. The van der Waals surface area contributed by atoms with E-state index in [0.717, 1.165) is 6.42 Å². The third-order valence-corrected chi connectivity index (χ3v) is 4.28. The third-order valence-electron chi connectivity index (χ3n) is 4.28. The molecule has 1 saturated heterocycles. The zero-order chi connectivity index (χ0) is 12.0. The summed E-state index contributed by atoms with van der Waals surface area (Å²) < 4.78 is 0. The summed E-state index contributed by atoms with van der Waals surface area (Å²) in [5.74, 6) is 2.83. The van der Waals surface area contributed by atoms with Crippen LogP contribution in [-0.2, 0) is 0 Å². The highest BCUT2D eigenvalue weighted by Crippen LogP contribution is 2.32. The van der Waals surface area contributed by atoms with Gasteiger partial charge in [0.2, 0.25) is 0 Å². The van der Waals surface area contributed by atoms with Gasteiger partial charge in [0.25, 0.3) is 0 Å². The standard InChI is InChI=1S/C14H26N2/c1-5-10-13(15-4)14(6-2,7-3)16-11-8-9-12-16/h1,13,15H,6-12H2,2-4H3. The van der Waals surface area contributed by atoms with Gasteiger partial charge in [-0.25, -0.2) is 0 Å². The van der Waals surface area contributed by atoms with E-state index in [9.17, 15) is 0 Å². The average molecular weight is 222 g/mol. The Morgan fingerprint density at radius 3 is 2.25 bits per heavy atom. The first-order valence-corrected chi connectivity index (χ1v) is 6.61. The van der Waals surface area contributed by atoms with Gasteiger partial charge in [-0.3, -0.25) is 4.90 Å². The Kier molecular flexibility index (Phi) is 5.31. The fourth-order valence-corrected chi connectivity index (χ4v) is 3.25. The lowest BCUT2D eigenvalue weighted by Gasteiger charge is -2.46. The van der Waals surface area contributed by atoms with Gasteiger partial charge in [0.05, 0.1) is 0 Å². The van der Waals surface area contributed by atoms with Gasteiger partial charge in [0.1, 0.15) is 0 Å². The Morgan fingerprint density at radius 1 is 1.31 bits per heavy atom. The molecule has 1 atom stereocenters. The van der Waals surface area contributed by atoms with Crippen molar-refractivity contribution in [1.82, 2.24) is 10.2 Å². The number of nitrogens with one attached hydrogen (secondary N) is 1. The molecule has 0 saturated carbocycles. The Hall–Kier alpha value is -0.520. The van der Waals surface area contributed by atoms with E-state index < -0.39 is 0 Å². The molecule has 1 aliphatic heterocycles. The van der Waals surface area contributed by atoms with Crippen LogP contribution in [0.1, 0.15) is 46.0 Å². The molecule has 0 aliphatic carbocycles. The summed E-state index contributed by atoms with van der Waals surface area (Å²) in [6.07, 6.45) is 11.4. The van der Waals surface area contributed by atoms with Gasteiger partial charge >= 0.3 is 0 Å². The molecule has 2 nitrogen and oxygen atoms in total.